The standard InChI is InChI=1S/C8H14O2/c1-5-8(9)10-7(4)6(2)3/h5H2,1-4H3. The predicted octanol–water partition coefficient (Wildman–Crippen LogP) is 2.25. The molecule has 58 valence electrons. The number of carbonyl (C=O) groups is 1. The van der Waals surface area contributed by atoms with Crippen LogP contribution in [0.15, 0.2) is 11.3 Å². The van der Waals surface area contributed by atoms with Crippen molar-refractivity contribution in [2.45, 2.75) is 34.1 Å². The average Bonchev–Trinajstić information content (AvgIpc) is 1.87. The van der Waals surface area contributed by atoms with Crippen LogP contribution in [0.25, 0.3) is 0 Å². The maximum Gasteiger partial charge on any atom is 0.310 e. The molecule has 10 heavy (non-hydrogen) atoms. The molecule has 2 nitrogen and oxygen atoms in total. The highest BCUT2D eigenvalue weighted by molar-refractivity contribution is 5.70. The van der Waals surface area contributed by atoms with Crippen LogP contribution in [-0.2, 0) is 9.53 Å². The second-order valence-electron chi connectivity index (χ2n) is 2.38. The summed E-state index contributed by atoms with van der Waals surface area (Å²) in [6, 6.07) is 0. The fourth-order valence-electron chi connectivity index (χ4n) is 0.345. The second-order valence-corrected chi connectivity index (χ2v) is 2.38. The molecule has 0 atom stereocenters. The normalized spacial score (nSPS) is 8.80. The third-order valence-corrected chi connectivity index (χ3v) is 1.26. The maximum absolute atomic E-state index is 10.7. The maximum atomic E-state index is 10.7. The van der Waals surface area contributed by atoms with Gasteiger partial charge in [0.15, 0.2) is 0 Å². The SMILES string of the molecule is CCC(=O)OC(C)=C(C)C. The number of carbonyl (C=O) groups excluding carboxylic acids is 1. The summed E-state index contributed by atoms with van der Waals surface area (Å²) >= 11 is 0. The van der Waals surface area contributed by atoms with Gasteiger partial charge in [0.25, 0.3) is 0 Å². The molecule has 0 N–H and O–H groups in total. The van der Waals surface area contributed by atoms with Crippen molar-refractivity contribution < 1.29 is 9.53 Å². The summed E-state index contributed by atoms with van der Waals surface area (Å²) in [5, 5.41) is 0. The van der Waals surface area contributed by atoms with Crippen molar-refractivity contribution in [3.8, 4) is 0 Å². The Kier molecular flexibility index (Phi) is 3.77. The number of hydrogen-bond donors (Lipinski definition) is 0. The smallest absolute Gasteiger partial charge is 0.310 e. The van der Waals surface area contributed by atoms with Crippen LogP contribution in [0.2, 0.25) is 0 Å². The van der Waals surface area contributed by atoms with Gasteiger partial charge in [0.2, 0.25) is 0 Å². The van der Waals surface area contributed by atoms with E-state index >= 15 is 0 Å². The van der Waals surface area contributed by atoms with Crippen molar-refractivity contribution in [2.24, 2.45) is 0 Å². The monoisotopic (exact) mass is 142 g/mol. The summed E-state index contributed by atoms with van der Waals surface area (Å²) < 4.78 is 4.90. The Morgan fingerprint density at radius 3 is 2.10 bits per heavy atom. The van der Waals surface area contributed by atoms with Crippen LogP contribution in [0.3, 0.4) is 0 Å². The first-order valence-corrected chi connectivity index (χ1v) is 3.42. The van der Waals surface area contributed by atoms with Crippen molar-refractivity contribution >= 4 is 5.97 Å². The Morgan fingerprint density at radius 2 is 1.80 bits per heavy atom. The van der Waals surface area contributed by atoms with Crippen molar-refractivity contribution in [3.05, 3.63) is 11.3 Å². The molecule has 0 aromatic heterocycles. The molecule has 0 aromatic rings. The van der Waals surface area contributed by atoms with Crippen molar-refractivity contribution in [3.63, 3.8) is 0 Å². The van der Waals surface area contributed by atoms with Gasteiger partial charge in [-0.3, -0.25) is 4.79 Å². The van der Waals surface area contributed by atoms with Crippen LogP contribution in [0.4, 0.5) is 0 Å². The second kappa shape index (κ2) is 4.09. The molecule has 0 saturated heterocycles. The van der Waals surface area contributed by atoms with E-state index < -0.39 is 0 Å². The van der Waals surface area contributed by atoms with Gasteiger partial charge in [-0.05, 0) is 26.3 Å². The topological polar surface area (TPSA) is 26.3 Å². The Bertz CT molecular complexity index is 153. The molecule has 2 heteroatoms. The Morgan fingerprint density at radius 1 is 1.30 bits per heavy atom. The molecule has 0 radical (unpaired) electrons. The molecule has 0 aliphatic rings. The third-order valence-electron chi connectivity index (χ3n) is 1.26. The highest BCUT2D eigenvalue weighted by Gasteiger charge is 1.99. The largest absolute Gasteiger partial charge is 0.431 e. The van der Waals surface area contributed by atoms with Crippen LogP contribution in [0, 0.1) is 0 Å². The van der Waals surface area contributed by atoms with E-state index in [1.165, 1.54) is 0 Å². The van der Waals surface area contributed by atoms with Crippen molar-refractivity contribution in [1.82, 2.24) is 0 Å². The Balaban J connectivity index is 3.92. The minimum Gasteiger partial charge on any atom is -0.431 e. The quantitative estimate of drug-likeness (QED) is 0.436. The van der Waals surface area contributed by atoms with Gasteiger partial charge in [-0.25, -0.2) is 0 Å². The van der Waals surface area contributed by atoms with E-state index in [2.05, 4.69) is 0 Å². The highest BCUT2D eigenvalue weighted by Crippen LogP contribution is 2.04. The van der Waals surface area contributed by atoms with Gasteiger partial charge in [0, 0.05) is 6.42 Å². The van der Waals surface area contributed by atoms with Crippen molar-refractivity contribution in [1.29, 1.82) is 0 Å². The van der Waals surface area contributed by atoms with Crippen LogP contribution in [0.5, 0.6) is 0 Å². The molecule has 0 fully saturated rings. The third kappa shape index (κ3) is 3.28. The van der Waals surface area contributed by atoms with E-state index in [1.54, 1.807) is 13.8 Å². The predicted molar refractivity (Wildman–Crippen MR) is 40.4 cm³/mol. The first kappa shape index (κ1) is 9.21. The van der Waals surface area contributed by atoms with E-state index in [0.29, 0.717) is 12.2 Å². The summed E-state index contributed by atoms with van der Waals surface area (Å²) in [4.78, 5) is 10.7. The van der Waals surface area contributed by atoms with Gasteiger partial charge >= 0.3 is 5.97 Å². The van der Waals surface area contributed by atoms with Crippen LogP contribution in [-0.4, -0.2) is 5.97 Å². The Labute approximate surface area is 61.9 Å². The molecule has 0 aliphatic carbocycles. The van der Waals surface area contributed by atoms with Gasteiger partial charge in [-0.1, -0.05) is 6.92 Å². The molecule has 0 bridgehead atoms. The van der Waals surface area contributed by atoms with Gasteiger partial charge in [0.05, 0.1) is 0 Å². The lowest BCUT2D eigenvalue weighted by molar-refractivity contribution is -0.139. The summed E-state index contributed by atoms with van der Waals surface area (Å²) in [6.45, 7) is 7.40. The Hall–Kier alpha value is -0.790. The summed E-state index contributed by atoms with van der Waals surface area (Å²) in [7, 11) is 0. The summed E-state index contributed by atoms with van der Waals surface area (Å²) in [5.41, 5.74) is 1.04. The highest BCUT2D eigenvalue weighted by atomic mass is 16.5. The minimum absolute atomic E-state index is 0.168. The molecule has 0 spiro atoms. The van der Waals surface area contributed by atoms with E-state index in [-0.39, 0.29) is 5.97 Å². The first-order valence-electron chi connectivity index (χ1n) is 3.42. The van der Waals surface area contributed by atoms with E-state index in [1.807, 2.05) is 13.8 Å². The zero-order chi connectivity index (χ0) is 8.15. The molecular formula is C8H14O2. The lowest BCUT2D eigenvalue weighted by atomic mass is 10.3. The molecule has 0 rings (SSSR count). The van der Waals surface area contributed by atoms with Crippen LogP contribution in [0.1, 0.15) is 34.1 Å². The lowest BCUT2D eigenvalue weighted by Crippen LogP contribution is -2.00. The molecule has 0 aliphatic heterocycles. The minimum atomic E-state index is -0.168. The lowest BCUT2D eigenvalue weighted by Gasteiger charge is -2.03. The zero-order valence-electron chi connectivity index (χ0n) is 7.02. The van der Waals surface area contributed by atoms with Gasteiger partial charge in [0.1, 0.15) is 5.76 Å². The van der Waals surface area contributed by atoms with E-state index in [4.69, 9.17) is 4.74 Å². The van der Waals surface area contributed by atoms with Gasteiger partial charge in [-0.2, -0.15) is 0 Å². The zero-order valence-corrected chi connectivity index (χ0v) is 7.02. The van der Waals surface area contributed by atoms with Gasteiger partial charge in [-0.15, -0.1) is 0 Å². The molecule has 0 aromatic carbocycles. The number of esters is 1. The fraction of sp³-hybridized carbons (Fsp3) is 0.625. The number of hydrogen-bond acceptors (Lipinski definition) is 2. The number of rotatable bonds is 2. The van der Waals surface area contributed by atoms with Gasteiger partial charge < -0.3 is 4.74 Å². The fourth-order valence-corrected chi connectivity index (χ4v) is 0.345. The number of ether oxygens (including phenoxy) is 1. The molecular weight excluding hydrogens is 128 g/mol. The van der Waals surface area contributed by atoms with E-state index in [0.717, 1.165) is 5.57 Å². The van der Waals surface area contributed by atoms with Crippen molar-refractivity contribution in [2.75, 3.05) is 0 Å². The number of allylic oxidation sites excluding steroid dienone is 2. The molecule has 0 heterocycles. The molecule has 0 unspecified atom stereocenters. The van der Waals surface area contributed by atoms with Crippen LogP contribution < -0.4 is 0 Å². The van der Waals surface area contributed by atoms with E-state index in [9.17, 15) is 4.79 Å². The average molecular weight is 142 g/mol. The summed E-state index contributed by atoms with van der Waals surface area (Å²) in [5.74, 6) is 0.547. The van der Waals surface area contributed by atoms with Crippen LogP contribution >= 0.6 is 0 Å². The molecule has 0 saturated carbocycles. The molecule has 0 amide bonds. The first-order chi connectivity index (χ1) is 4.57. The summed E-state index contributed by atoms with van der Waals surface area (Å²) in [6.07, 6.45) is 0.435.